The van der Waals surface area contributed by atoms with Crippen LogP contribution in [0.15, 0.2) is 72.8 Å². The van der Waals surface area contributed by atoms with Gasteiger partial charge in [-0.05, 0) is 31.2 Å². The Bertz CT molecular complexity index is 1000. The zero-order valence-electron chi connectivity index (χ0n) is 15.3. The van der Waals surface area contributed by atoms with Crippen molar-refractivity contribution in [1.29, 1.82) is 0 Å². The summed E-state index contributed by atoms with van der Waals surface area (Å²) < 4.78 is 16.7. The molecule has 3 aromatic rings. The largest absolute Gasteiger partial charge is 0.500 e. The second-order valence-corrected chi connectivity index (χ2v) is 5.65. The van der Waals surface area contributed by atoms with E-state index in [2.05, 4.69) is 9.97 Å². The van der Waals surface area contributed by atoms with Gasteiger partial charge in [-0.15, -0.1) is 0 Å². The summed E-state index contributed by atoms with van der Waals surface area (Å²) in [6, 6.07) is 15.7. The number of benzene rings is 2. The Hall–Kier alpha value is -3.87. The number of aliphatic carboxylic acids is 1. The third kappa shape index (κ3) is 4.45. The molecule has 0 saturated carbocycles. The van der Waals surface area contributed by atoms with Gasteiger partial charge in [-0.2, -0.15) is 0 Å². The fraction of sp³-hybridized carbons (Fsp3) is 0.0952. The Morgan fingerprint density at radius 2 is 1.61 bits per heavy atom. The van der Waals surface area contributed by atoms with Gasteiger partial charge in [0.25, 0.3) is 0 Å². The maximum atomic E-state index is 11.7. The quantitative estimate of drug-likeness (QED) is 0.477. The third-order valence-corrected chi connectivity index (χ3v) is 3.81. The summed E-state index contributed by atoms with van der Waals surface area (Å²) in [5.41, 5.74) is 0.440. The number of methoxy groups -OCH3 is 1. The molecule has 0 aliphatic rings. The summed E-state index contributed by atoms with van der Waals surface area (Å²) in [5.74, 6) is 0.518. The van der Waals surface area contributed by atoms with E-state index in [-0.39, 0.29) is 17.3 Å². The lowest BCUT2D eigenvalue weighted by Crippen LogP contribution is -2.05. The molecule has 1 heterocycles. The van der Waals surface area contributed by atoms with Crippen LogP contribution in [0.1, 0.15) is 12.5 Å². The van der Waals surface area contributed by atoms with E-state index in [1.54, 1.807) is 73.9 Å². The number of hydrogen-bond acceptors (Lipinski definition) is 6. The van der Waals surface area contributed by atoms with Crippen LogP contribution >= 0.6 is 0 Å². The van der Waals surface area contributed by atoms with Gasteiger partial charge in [-0.25, -0.2) is 14.8 Å². The summed E-state index contributed by atoms with van der Waals surface area (Å²) in [6.07, 6.45) is 3.16. The standard InChI is InChI=1S/C21H18N2O5/c1-14(26-2)19(20(24)25)17-9-3-4-10-18(17)27-15-7-5-8-16(13-15)28-21-22-11-6-12-23-21/h3-13H,1-2H3,(H,24,25)/b19-14+. The third-order valence-electron chi connectivity index (χ3n) is 3.81. The Labute approximate surface area is 161 Å². The average molecular weight is 378 g/mol. The van der Waals surface area contributed by atoms with Crippen molar-refractivity contribution in [2.75, 3.05) is 7.11 Å². The molecule has 0 saturated heterocycles. The molecular formula is C21H18N2O5. The molecule has 0 fully saturated rings. The second kappa shape index (κ2) is 8.68. The number of para-hydroxylation sites is 1. The number of rotatable bonds is 7. The van der Waals surface area contributed by atoms with Crippen molar-refractivity contribution in [3.05, 3.63) is 78.3 Å². The minimum Gasteiger partial charge on any atom is -0.500 e. The molecule has 0 spiro atoms. The maximum absolute atomic E-state index is 11.7. The van der Waals surface area contributed by atoms with E-state index in [9.17, 15) is 9.90 Å². The normalized spacial score (nSPS) is 11.4. The summed E-state index contributed by atoms with van der Waals surface area (Å²) in [5, 5.41) is 9.60. The highest BCUT2D eigenvalue weighted by Crippen LogP contribution is 2.33. The molecule has 7 nitrogen and oxygen atoms in total. The van der Waals surface area contributed by atoms with Gasteiger partial charge in [0, 0.05) is 24.0 Å². The van der Waals surface area contributed by atoms with E-state index in [0.29, 0.717) is 22.8 Å². The molecule has 2 aromatic carbocycles. The van der Waals surface area contributed by atoms with Crippen LogP contribution in [-0.4, -0.2) is 28.2 Å². The minimum absolute atomic E-state index is 0.0307. The Morgan fingerprint density at radius 3 is 2.29 bits per heavy atom. The number of carbonyl (C=O) groups is 1. The van der Waals surface area contributed by atoms with Gasteiger partial charge in [0.2, 0.25) is 0 Å². The maximum Gasteiger partial charge on any atom is 0.339 e. The average Bonchev–Trinajstić information content (AvgIpc) is 2.70. The number of allylic oxidation sites excluding steroid dienone is 1. The van der Waals surface area contributed by atoms with E-state index >= 15 is 0 Å². The number of carboxylic acid groups (broad SMARTS) is 1. The molecule has 1 N–H and O–H groups in total. The topological polar surface area (TPSA) is 90.8 Å². The van der Waals surface area contributed by atoms with Crippen molar-refractivity contribution in [2.45, 2.75) is 6.92 Å². The van der Waals surface area contributed by atoms with Crippen LogP contribution in [0, 0.1) is 0 Å². The van der Waals surface area contributed by atoms with Crippen LogP contribution in [0.4, 0.5) is 0 Å². The molecule has 3 rings (SSSR count). The van der Waals surface area contributed by atoms with Crippen LogP contribution in [0.5, 0.6) is 23.3 Å². The van der Waals surface area contributed by atoms with Crippen molar-refractivity contribution in [3.8, 4) is 23.3 Å². The Balaban J connectivity index is 1.91. The van der Waals surface area contributed by atoms with E-state index in [1.807, 2.05) is 0 Å². The van der Waals surface area contributed by atoms with Crippen LogP contribution < -0.4 is 9.47 Å². The van der Waals surface area contributed by atoms with Gasteiger partial charge in [0.05, 0.1) is 7.11 Å². The minimum atomic E-state index is -1.10. The van der Waals surface area contributed by atoms with Gasteiger partial charge in [0.1, 0.15) is 28.6 Å². The molecule has 0 amide bonds. The van der Waals surface area contributed by atoms with Gasteiger partial charge < -0.3 is 19.3 Å². The predicted octanol–water partition coefficient (Wildman–Crippen LogP) is 4.52. The van der Waals surface area contributed by atoms with Gasteiger partial charge >= 0.3 is 12.0 Å². The highest BCUT2D eigenvalue weighted by Gasteiger charge is 2.19. The first-order valence-electron chi connectivity index (χ1n) is 8.39. The molecule has 7 heteroatoms. The molecular weight excluding hydrogens is 360 g/mol. The van der Waals surface area contributed by atoms with Crippen molar-refractivity contribution >= 4 is 11.5 Å². The molecule has 1 aromatic heterocycles. The van der Waals surface area contributed by atoms with E-state index < -0.39 is 5.97 Å². The van der Waals surface area contributed by atoms with Crippen LogP contribution in [0.3, 0.4) is 0 Å². The number of ether oxygens (including phenoxy) is 3. The van der Waals surface area contributed by atoms with Crippen molar-refractivity contribution in [3.63, 3.8) is 0 Å². The molecule has 0 atom stereocenters. The zero-order chi connectivity index (χ0) is 19.9. The van der Waals surface area contributed by atoms with Crippen molar-refractivity contribution in [2.24, 2.45) is 0 Å². The lowest BCUT2D eigenvalue weighted by atomic mass is 10.0. The number of carboxylic acids is 1. The second-order valence-electron chi connectivity index (χ2n) is 5.65. The molecule has 28 heavy (non-hydrogen) atoms. The number of nitrogens with zero attached hydrogens (tertiary/aromatic N) is 2. The van der Waals surface area contributed by atoms with Crippen LogP contribution in [0.2, 0.25) is 0 Å². The van der Waals surface area contributed by atoms with Gasteiger partial charge in [-0.1, -0.05) is 24.3 Å². The molecule has 0 unspecified atom stereocenters. The predicted molar refractivity (Wildman–Crippen MR) is 102 cm³/mol. The number of hydrogen-bond donors (Lipinski definition) is 1. The van der Waals surface area contributed by atoms with Crippen molar-refractivity contribution < 1.29 is 24.1 Å². The highest BCUT2D eigenvalue weighted by molar-refractivity contribution is 6.16. The summed E-state index contributed by atoms with van der Waals surface area (Å²) >= 11 is 0. The fourth-order valence-corrected chi connectivity index (χ4v) is 2.49. The molecule has 0 aliphatic carbocycles. The first-order valence-corrected chi connectivity index (χ1v) is 8.39. The Kier molecular flexibility index (Phi) is 5.86. The molecule has 0 bridgehead atoms. The monoisotopic (exact) mass is 378 g/mol. The SMILES string of the molecule is CO/C(C)=C(/C(=O)O)c1ccccc1Oc1cccc(Oc2ncccn2)c1. The summed E-state index contributed by atoms with van der Waals surface area (Å²) in [4.78, 5) is 19.8. The lowest BCUT2D eigenvalue weighted by Gasteiger charge is -2.14. The highest BCUT2D eigenvalue weighted by atomic mass is 16.5. The van der Waals surface area contributed by atoms with E-state index in [4.69, 9.17) is 14.2 Å². The van der Waals surface area contributed by atoms with E-state index in [1.165, 1.54) is 7.11 Å². The number of aromatic nitrogens is 2. The lowest BCUT2D eigenvalue weighted by molar-refractivity contribution is -0.130. The summed E-state index contributed by atoms with van der Waals surface area (Å²) in [6.45, 7) is 1.59. The first kappa shape index (κ1) is 18.9. The zero-order valence-corrected chi connectivity index (χ0v) is 15.3. The van der Waals surface area contributed by atoms with Crippen molar-refractivity contribution in [1.82, 2.24) is 9.97 Å². The smallest absolute Gasteiger partial charge is 0.339 e. The molecule has 0 aliphatic heterocycles. The van der Waals surface area contributed by atoms with Gasteiger partial charge in [0.15, 0.2) is 0 Å². The summed E-state index contributed by atoms with van der Waals surface area (Å²) in [7, 11) is 1.42. The van der Waals surface area contributed by atoms with Crippen LogP contribution in [-0.2, 0) is 9.53 Å². The molecule has 142 valence electrons. The first-order chi connectivity index (χ1) is 13.6. The van der Waals surface area contributed by atoms with Crippen LogP contribution in [0.25, 0.3) is 5.57 Å². The fourth-order valence-electron chi connectivity index (χ4n) is 2.49. The van der Waals surface area contributed by atoms with Gasteiger partial charge in [-0.3, -0.25) is 0 Å². The molecule has 0 radical (unpaired) electrons. The van der Waals surface area contributed by atoms with E-state index in [0.717, 1.165) is 0 Å². The Morgan fingerprint density at radius 1 is 0.929 bits per heavy atom.